The van der Waals surface area contributed by atoms with Gasteiger partial charge in [-0.1, -0.05) is 13.0 Å². The zero-order chi connectivity index (χ0) is 11.4. The molecule has 1 rings (SSSR count). The lowest BCUT2D eigenvalue weighted by molar-refractivity contribution is -0.108. The fourth-order valence-electron chi connectivity index (χ4n) is 1.23. The average Bonchev–Trinajstić information content (AvgIpc) is 2.19. The van der Waals surface area contributed by atoms with Crippen molar-refractivity contribution in [1.29, 1.82) is 0 Å². The summed E-state index contributed by atoms with van der Waals surface area (Å²) in [4.78, 5) is 10.6. The Morgan fingerprint density at radius 1 is 1.33 bits per heavy atom. The van der Waals surface area contributed by atoms with Gasteiger partial charge in [0.2, 0.25) is 0 Å². The number of benzene rings is 1. The first-order chi connectivity index (χ1) is 7.04. The van der Waals surface area contributed by atoms with E-state index in [1.54, 1.807) is 0 Å². The van der Waals surface area contributed by atoms with Crippen LogP contribution in [0.15, 0.2) is 22.7 Å². The Morgan fingerprint density at radius 3 is 2.47 bits per heavy atom. The smallest absolute Gasteiger partial charge is 0.133 e. The predicted octanol–water partition coefficient (Wildman–Crippen LogP) is 3.54. The van der Waals surface area contributed by atoms with Gasteiger partial charge in [-0.2, -0.15) is 0 Å². The van der Waals surface area contributed by atoms with Gasteiger partial charge in [-0.3, -0.25) is 0 Å². The van der Waals surface area contributed by atoms with E-state index < -0.39 is 0 Å². The minimum Gasteiger partial charge on any atom is -0.490 e. The third-order valence-electron chi connectivity index (χ3n) is 2.05. The molecule has 0 saturated carbocycles. The summed E-state index contributed by atoms with van der Waals surface area (Å²) in [7, 11) is 0. The Hall–Kier alpha value is -0.830. The third-order valence-corrected chi connectivity index (χ3v) is 2.67. The molecule has 3 heteroatoms. The molecule has 0 bridgehead atoms. The highest BCUT2D eigenvalue weighted by atomic mass is 79.9. The molecule has 1 unspecified atom stereocenters. The van der Waals surface area contributed by atoms with E-state index in [4.69, 9.17) is 4.74 Å². The molecule has 0 aliphatic carbocycles. The fourth-order valence-corrected chi connectivity index (χ4v) is 1.72. The van der Waals surface area contributed by atoms with E-state index >= 15 is 0 Å². The van der Waals surface area contributed by atoms with Crippen LogP contribution in [0.5, 0.6) is 5.75 Å². The molecule has 0 aromatic heterocycles. The zero-order valence-electron chi connectivity index (χ0n) is 9.16. The van der Waals surface area contributed by atoms with Crippen LogP contribution in [0.3, 0.4) is 0 Å². The van der Waals surface area contributed by atoms with E-state index in [0.29, 0.717) is 0 Å². The van der Waals surface area contributed by atoms with Gasteiger partial charge in [0, 0.05) is 5.92 Å². The quantitative estimate of drug-likeness (QED) is 0.783. The Balaban J connectivity index is 2.92. The number of rotatable bonds is 4. The highest BCUT2D eigenvalue weighted by molar-refractivity contribution is 9.10. The fraction of sp³-hybridized carbons (Fsp3) is 0.417. The lowest BCUT2D eigenvalue weighted by Gasteiger charge is -2.13. The van der Waals surface area contributed by atoms with Crippen molar-refractivity contribution >= 4 is 22.2 Å². The predicted molar refractivity (Wildman–Crippen MR) is 64.4 cm³/mol. The molecule has 82 valence electrons. The molecule has 0 amide bonds. The summed E-state index contributed by atoms with van der Waals surface area (Å²) in [5.74, 6) is 0.737. The SMILES string of the molecule is CC(C)Oc1ccc(C(C)C=O)cc1Br. The van der Waals surface area contributed by atoms with E-state index in [9.17, 15) is 4.79 Å². The van der Waals surface area contributed by atoms with Gasteiger partial charge >= 0.3 is 0 Å². The van der Waals surface area contributed by atoms with Crippen LogP contribution in [0.2, 0.25) is 0 Å². The van der Waals surface area contributed by atoms with Crippen LogP contribution in [-0.4, -0.2) is 12.4 Å². The van der Waals surface area contributed by atoms with E-state index in [2.05, 4.69) is 15.9 Å². The van der Waals surface area contributed by atoms with Crippen LogP contribution in [0.4, 0.5) is 0 Å². The van der Waals surface area contributed by atoms with Crippen molar-refractivity contribution in [2.24, 2.45) is 0 Å². The second-order valence-corrected chi connectivity index (χ2v) is 4.64. The summed E-state index contributed by atoms with van der Waals surface area (Å²) in [6.07, 6.45) is 1.08. The summed E-state index contributed by atoms with van der Waals surface area (Å²) in [6, 6.07) is 5.73. The van der Waals surface area contributed by atoms with E-state index in [1.165, 1.54) is 0 Å². The highest BCUT2D eigenvalue weighted by Gasteiger charge is 2.08. The van der Waals surface area contributed by atoms with Gasteiger partial charge in [-0.15, -0.1) is 0 Å². The van der Waals surface area contributed by atoms with Crippen LogP contribution in [-0.2, 0) is 4.79 Å². The summed E-state index contributed by atoms with van der Waals surface area (Å²) < 4.78 is 6.47. The topological polar surface area (TPSA) is 26.3 Å². The Labute approximate surface area is 98.8 Å². The number of carbonyl (C=O) groups excluding carboxylic acids is 1. The molecule has 0 aliphatic rings. The lowest BCUT2D eigenvalue weighted by atomic mass is 10.0. The van der Waals surface area contributed by atoms with E-state index in [-0.39, 0.29) is 12.0 Å². The number of halogens is 1. The Bertz CT molecular complexity index is 347. The molecular weight excluding hydrogens is 256 g/mol. The molecule has 15 heavy (non-hydrogen) atoms. The molecule has 0 N–H and O–H groups in total. The minimum absolute atomic E-state index is 0.0746. The van der Waals surface area contributed by atoms with E-state index in [1.807, 2.05) is 39.0 Å². The summed E-state index contributed by atoms with van der Waals surface area (Å²) in [5.41, 5.74) is 0.994. The first-order valence-corrected chi connectivity index (χ1v) is 5.75. The zero-order valence-corrected chi connectivity index (χ0v) is 10.7. The Morgan fingerprint density at radius 2 is 2.00 bits per heavy atom. The summed E-state index contributed by atoms with van der Waals surface area (Å²) >= 11 is 3.43. The normalized spacial score (nSPS) is 12.6. The first-order valence-electron chi connectivity index (χ1n) is 4.96. The van der Waals surface area contributed by atoms with Crippen molar-refractivity contribution in [3.05, 3.63) is 28.2 Å². The van der Waals surface area contributed by atoms with Crippen LogP contribution >= 0.6 is 15.9 Å². The van der Waals surface area contributed by atoms with Crippen molar-refractivity contribution in [1.82, 2.24) is 0 Å². The average molecular weight is 271 g/mol. The maximum Gasteiger partial charge on any atom is 0.133 e. The van der Waals surface area contributed by atoms with Gasteiger partial charge in [-0.05, 0) is 47.5 Å². The van der Waals surface area contributed by atoms with Crippen molar-refractivity contribution in [3.8, 4) is 5.75 Å². The molecule has 1 aromatic rings. The summed E-state index contributed by atoms with van der Waals surface area (Å²) in [6.45, 7) is 5.83. The molecule has 0 heterocycles. The number of hydrogen-bond donors (Lipinski definition) is 0. The lowest BCUT2D eigenvalue weighted by Crippen LogP contribution is -2.06. The van der Waals surface area contributed by atoms with Crippen LogP contribution in [0.25, 0.3) is 0 Å². The molecule has 1 aromatic carbocycles. The molecule has 0 aliphatic heterocycles. The van der Waals surface area contributed by atoms with Crippen LogP contribution < -0.4 is 4.74 Å². The molecule has 0 fully saturated rings. The van der Waals surface area contributed by atoms with Gasteiger partial charge in [0.1, 0.15) is 12.0 Å². The molecule has 0 saturated heterocycles. The van der Waals surface area contributed by atoms with Gasteiger partial charge < -0.3 is 9.53 Å². The summed E-state index contributed by atoms with van der Waals surface area (Å²) in [5, 5.41) is 0. The third kappa shape index (κ3) is 3.34. The maximum atomic E-state index is 10.6. The van der Waals surface area contributed by atoms with E-state index in [0.717, 1.165) is 22.1 Å². The highest BCUT2D eigenvalue weighted by Crippen LogP contribution is 2.29. The number of hydrogen-bond acceptors (Lipinski definition) is 2. The largest absolute Gasteiger partial charge is 0.490 e. The molecule has 2 nitrogen and oxygen atoms in total. The van der Waals surface area contributed by atoms with Crippen molar-refractivity contribution in [3.63, 3.8) is 0 Å². The van der Waals surface area contributed by atoms with Gasteiger partial charge in [0.15, 0.2) is 0 Å². The standard InChI is InChI=1S/C12H15BrO2/c1-8(2)15-12-5-4-10(6-11(12)13)9(3)7-14/h4-9H,1-3H3. The van der Waals surface area contributed by atoms with Crippen molar-refractivity contribution in [2.75, 3.05) is 0 Å². The maximum absolute atomic E-state index is 10.6. The van der Waals surface area contributed by atoms with Crippen LogP contribution in [0, 0.1) is 0 Å². The van der Waals surface area contributed by atoms with Gasteiger partial charge in [0.25, 0.3) is 0 Å². The van der Waals surface area contributed by atoms with Crippen molar-refractivity contribution in [2.45, 2.75) is 32.8 Å². The minimum atomic E-state index is -0.0746. The number of carbonyl (C=O) groups is 1. The van der Waals surface area contributed by atoms with Crippen molar-refractivity contribution < 1.29 is 9.53 Å². The number of ether oxygens (including phenoxy) is 1. The monoisotopic (exact) mass is 270 g/mol. The Kier molecular flexibility index (Phi) is 4.33. The molecule has 1 atom stereocenters. The molecular formula is C12H15BrO2. The van der Waals surface area contributed by atoms with Gasteiger partial charge in [-0.25, -0.2) is 0 Å². The van der Waals surface area contributed by atoms with Crippen LogP contribution in [0.1, 0.15) is 32.3 Å². The molecule has 0 radical (unpaired) electrons. The second kappa shape index (κ2) is 5.31. The first kappa shape index (κ1) is 12.2. The molecule has 0 spiro atoms. The number of aldehydes is 1. The van der Waals surface area contributed by atoms with Gasteiger partial charge in [0.05, 0.1) is 10.6 Å². The second-order valence-electron chi connectivity index (χ2n) is 3.78.